The van der Waals surface area contributed by atoms with Crippen molar-refractivity contribution in [1.82, 2.24) is 4.98 Å². The fourth-order valence-corrected chi connectivity index (χ4v) is 4.66. The first-order valence-electron chi connectivity index (χ1n) is 5.37. The van der Waals surface area contributed by atoms with E-state index in [4.69, 9.17) is 5.73 Å². The Kier molecular flexibility index (Phi) is 2.80. The Morgan fingerprint density at radius 1 is 1.33 bits per heavy atom. The molecule has 1 fully saturated rings. The standard InChI is InChI=1S/C10H11N3O2S3/c11-7-3-9(16-4-7)18(14,15)13-10-12-8(5-17-10)6-1-2-6/h3-6H,1-2,11H2,(H,12,13). The van der Waals surface area contributed by atoms with Gasteiger partial charge in [0.2, 0.25) is 0 Å². The van der Waals surface area contributed by atoms with Gasteiger partial charge in [-0.3, -0.25) is 4.72 Å². The van der Waals surface area contributed by atoms with Crippen LogP contribution in [-0.2, 0) is 10.0 Å². The van der Waals surface area contributed by atoms with Gasteiger partial charge in [-0.25, -0.2) is 13.4 Å². The second-order valence-electron chi connectivity index (χ2n) is 4.16. The van der Waals surface area contributed by atoms with E-state index in [9.17, 15) is 8.42 Å². The van der Waals surface area contributed by atoms with Gasteiger partial charge >= 0.3 is 0 Å². The van der Waals surface area contributed by atoms with Gasteiger partial charge in [0.25, 0.3) is 10.0 Å². The number of nitrogens with zero attached hydrogens (tertiary/aromatic N) is 1. The maximum Gasteiger partial charge on any atom is 0.273 e. The quantitative estimate of drug-likeness (QED) is 0.908. The molecule has 0 radical (unpaired) electrons. The molecule has 8 heteroatoms. The van der Waals surface area contributed by atoms with E-state index in [2.05, 4.69) is 9.71 Å². The van der Waals surface area contributed by atoms with E-state index in [1.807, 2.05) is 5.38 Å². The number of thiazole rings is 1. The second-order valence-corrected chi connectivity index (χ2v) is 7.83. The molecule has 0 aromatic carbocycles. The predicted molar refractivity (Wildman–Crippen MR) is 73.6 cm³/mol. The number of hydrogen-bond donors (Lipinski definition) is 2. The molecule has 3 rings (SSSR count). The van der Waals surface area contributed by atoms with Gasteiger partial charge in [0.05, 0.1) is 5.69 Å². The first-order valence-corrected chi connectivity index (χ1v) is 8.61. The summed E-state index contributed by atoms with van der Waals surface area (Å²) in [5, 5.41) is 3.94. The predicted octanol–water partition coefficient (Wildman–Crippen LogP) is 2.47. The molecule has 0 amide bonds. The topological polar surface area (TPSA) is 85.1 Å². The molecule has 2 aromatic heterocycles. The Morgan fingerprint density at radius 2 is 2.11 bits per heavy atom. The van der Waals surface area contributed by atoms with E-state index in [-0.39, 0.29) is 4.21 Å². The number of nitrogens with two attached hydrogens (primary N) is 1. The summed E-state index contributed by atoms with van der Waals surface area (Å²) in [6, 6.07) is 1.45. The first-order chi connectivity index (χ1) is 8.54. The van der Waals surface area contributed by atoms with Crippen molar-refractivity contribution < 1.29 is 8.42 Å². The summed E-state index contributed by atoms with van der Waals surface area (Å²) >= 11 is 2.42. The van der Waals surface area contributed by atoms with Gasteiger partial charge in [0.1, 0.15) is 4.21 Å². The maximum atomic E-state index is 12.0. The first kappa shape index (κ1) is 11.9. The van der Waals surface area contributed by atoms with Crippen LogP contribution in [0.15, 0.2) is 21.0 Å². The van der Waals surface area contributed by atoms with Crippen molar-refractivity contribution in [1.29, 1.82) is 0 Å². The van der Waals surface area contributed by atoms with Gasteiger partial charge in [0.15, 0.2) is 5.13 Å². The molecule has 3 N–H and O–H groups in total. The lowest BCUT2D eigenvalue weighted by Gasteiger charge is -2.01. The van der Waals surface area contributed by atoms with Crippen molar-refractivity contribution >= 4 is 43.5 Å². The number of aromatic nitrogens is 1. The fraction of sp³-hybridized carbons (Fsp3) is 0.300. The smallest absolute Gasteiger partial charge is 0.273 e. The molecule has 1 saturated carbocycles. The summed E-state index contributed by atoms with van der Waals surface area (Å²) < 4.78 is 26.7. The molecule has 0 saturated heterocycles. The van der Waals surface area contributed by atoms with Crippen LogP contribution in [-0.4, -0.2) is 13.4 Å². The van der Waals surface area contributed by atoms with Crippen LogP contribution in [0.4, 0.5) is 10.8 Å². The van der Waals surface area contributed by atoms with E-state index < -0.39 is 10.0 Å². The molecule has 5 nitrogen and oxygen atoms in total. The minimum absolute atomic E-state index is 0.211. The van der Waals surface area contributed by atoms with Gasteiger partial charge in [-0.15, -0.1) is 22.7 Å². The SMILES string of the molecule is Nc1csc(S(=O)(=O)Nc2nc(C3CC3)cs2)c1. The lowest BCUT2D eigenvalue weighted by atomic mass is 10.3. The zero-order chi connectivity index (χ0) is 12.8. The van der Waals surface area contributed by atoms with Crippen molar-refractivity contribution in [3.8, 4) is 0 Å². The van der Waals surface area contributed by atoms with Crippen molar-refractivity contribution in [3.05, 3.63) is 22.5 Å². The van der Waals surface area contributed by atoms with Crippen LogP contribution in [0.1, 0.15) is 24.5 Å². The summed E-state index contributed by atoms with van der Waals surface area (Å²) in [5.41, 5.74) is 6.97. The highest BCUT2D eigenvalue weighted by atomic mass is 32.2. The maximum absolute atomic E-state index is 12.0. The lowest BCUT2D eigenvalue weighted by Crippen LogP contribution is -2.11. The Hall–Kier alpha value is -1.12. The Bertz CT molecular complexity index is 670. The van der Waals surface area contributed by atoms with Crippen LogP contribution in [0.25, 0.3) is 0 Å². The summed E-state index contributed by atoms with van der Waals surface area (Å²) in [6.45, 7) is 0. The fourth-order valence-electron chi connectivity index (χ4n) is 1.54. The normalized spacial score (nSPS) is 15.8. The highest BCUT2D eigenvalue weighted by Crippen LogP contribution is 2.41. The Morgan fingerprint density at radius 3 is 2.72 bits per heavy atom. The molecule has 2 aromatic rings. The van der Waals surface area contributed by atoms with Gasteiger partial charge in [-0.2, -0.15) is 0 Å². The third-order valence-corrected chi connectivity index (χ3v) is 6.30. The molecule has 0 unspecified atom stereocenters. The highest BCUT2D eigenvalue weighted by Gasteiger charge is 2.27. The number of hydrogen-bond acceptors (Lipinski definition) is 6. The van der Waals surface area contributed by atoms with E-state index in [1.54, 1.807) is 5.38 Å². The molecule has 0 bridgehead atoms. The zero-order valence-electron chi connectivity index (χ0n) is 9.29. The molecule has 1 aliphatic carbocycles. The number of thiophene rings is 1. The van der Waals surface area contributed by atoms with Crippen LogP contribution >= 0.6 is 22.7 Å². The molecule has 2 heterocycles. The van der Waals surface area contributed by atoms with Crippen molar-refractivity contribution in [2.45, 2.75) is 23.0 Å². The van der Waals surface area contributed by atoms with Crippen LogP contribution < -0.4 is 10.5 Å². The Balaban J connectivity index is 1.81. The second kappa shape index (κ2) is 4.22. The number of anilines is 2. The Labute approximate surface area is 113 Å². The zero-order valence-corrected chi connectivity index (χ0v) is 11.7. The number of nitrogens with one attached hydrogen (secondary N) is 1. The summed E-state index contributed by atoms with van der Waals surface area (Å²) in [5.74, 6) is 0.525. The average Bonchev–Trinajstić information content (AvgIpc) is 2.89. The monoisotopic (exact) mass is 301 g/mol. The average molecular weight is 301 g/mol. The lowest BCUT2D eigenvalue weighted by molar-refractivity contribution is 0.603. The summed E-state index contributed by atoms with van der Waals surface area (Å²) in [7, 11) is -3.55. The van der Waals surface area contributed by atoms with E-state index in [0.717, 1.165) is 29.9 Å². The van der Waals surface area contributed by atoms with Crippen LogP contribution in [0, 0.1) is 0 Å². The minimum atomic E-state index is -3.55. The number of rotatable bonds is 4. The molecular formula is C10H11N3O2S3. The van der Waals surface area contributed by atoms with E-state index in [1.165, 1.54) is 17.4 Å². The largest absolute Gasteiger partial charge is 0.398 e. The summed E-state index contributed by atoms with van der Waals surface area (Å²) in [6.07, 6.45) is 2.30. The van der Waals surface area contributed by atoms with Crippen LogP contribution in [0.2, 0.25) is 0 Å². The van der Waals surface area contributed by atoms with E-state index >= 15 is 0 Å². The van der Waals surface area contributed by atoms with Crippen LogP contribution in [0.3, 0.4) is 0 Å². The summed E-state index contributed by atoms with van der Waals surface area (Å²) in [4.78, 5) is 4.29. The van der Waals surface area contributed by atoms with E-state index in [0.29, 0.717) is 16.7 Å². The molecule has 0 spiro atoms. The van der Waals surface area contributed by atoms with Gasteiger partial charge in [-0.1, -0.05) is 0 Å². The van der Waals surface area contributed by atoms with Gasteiger partial charge in [-0.05, 0) is 18.9 Å². The molecule has 18 heavy (non-hydrogen) atoms. The van der Waals surface area contributed by atoms with Crippen molar-refractivity contribution in [3.63, 3.8) is 0 Å². The van der Waals surface area contributed by atoms with Gasteiger partial charge < -0.3 is 5.73 Å². The third-order valence-electron chi connectivity index (χ3n) is 2.60. The van der Waals surface area contributed by atoms with Crippen molar-refractivity contribution in [2.75, 3.05) is 10.5 Å². The molecule has 96 valence electrons. The van der Waals surface area contributed by atoms with Gasteiger partial charge in [0, 0.05) is 22.4 Å². The minimum Gasteiger partial charge on any atom is -0.398 e. The molecule has 1 aliphatic rings. The number of nitrogen functional groups attached to an aromatic ring is 1. The molecule has 0 atom stereocenters. The molecular weight excluding hydrogens is 290 g/mol. The molecule has 0 aliphatic heterocycles. The van der Waals surface area contributed by atoms with Crippen molar-refractivity contribution in [2.24, 2.45) is 0 Å². The third kappa shape index (κ3) is 2.36. The number of sulfonamides is 1. The highest BCUT2D eigenvalue weighted by molar-refractivity contribution is 7.94. The van der Waals surface area contributed by atoms with Crippen LogP contribution in [0.5, 0.6) is 0 Å².